The Morgan fingerprint density at radius 1 is 1.00 bits per heavy atom. The molecule has 0 aromatic carbocycles. The first-order valence-corrected chi connectivity index (χ1v) is 9.86. The number of rotatable bonds is 3. The molecule has 0 spiro atoms. The van der Waals surface area contributed by atoms with Crippen LogP contribution in [0.5, 0.6) is 0 Å². The first kappa shape index (κ1) is 17.3. The highest BCUT2D eigenvalue weighted by atomic mass is 19.1. The second-order valence-corrected chi connectivity index (χ2v) is 7.95. The Labute approximate surface area is 163 Å². The fraction of sp³-hybridized carbons (Fsp3) is 0.500. The third-order valence-electron chi connectivity index (χ3n) is 5.95. The van der Waals surface area contributed by atoms with Crippen molar-refractivity contribution in [1.82, 2.24) is 24.6 Å². The van der Waals surface area contributed by atoms with Crippen molar-refractivity contribution >= 4 is 17.3 Å². The van der Waals surface area contributed by atoms with Gasteiger partial charge in [-0.25, -0.2) is 19.3 Å². The van der Waals surface area contributed by atoms with Gasteiger partial charge < -0.3 is 9.80 Å². The summed E-state index contributed by atoms with van der Waals surface area (Å²) in [5, 5.41) is 4.62. The second kappa shape index (κ2) is 6.39. The van der Waals surface area contributed by atoms with Crippen LogP contribution in [0.15, 0.2) is 18.5 Å². The first-order chi connectivity index (χ1) is 13.5. The normalized spacial score (nSPS) is 21.7. The summed E-state index contributed by atoms with van der Waals surface area (Å²) in [6.07, 6.45) is 2.06. The van der Waals surface area contributed by atoms with Crippen LogP contribution < -0.4 is 9.80 Å². The minimum atomic E-state index is -0.264. The van der Waals surface area contributed by atoms with Crippen LogP contribution in [-0.2, 0) is 6.42 Å². The monoisotopic (exact) mass is 381 g/mol. The summed E-state index contributed by atoms with van der Waals surface area (Å²) in [6.45, 7) is 9.45. The Morgan fingerprint density at radius 2 is 1.71 bits per heavy atom. The molecule has 0 bridgehead atoms. The Bertz CT molecular complexity index is 1030. The van der Waals surface area contributed by atoms with Crippen molar-refractivity contribution in [3.05, 3.63) is 41.4 Å². The minimum Gasteiger partial charge on any atom is -0.356 e. The molecule has 2 saturated heterocycles. The molecule has 0 amide bonds. The predicted molar refractivity (Wildman–Crippen MR) is 105 cm³/mol. The molecule has 146 valence electrons. The maximum absolute atomic E-state index is 14.7. The lowest BCUT2D eigenvalue weighted by molar-refractivity contribution is 0.533. The molecule has 2 aliphatic rings. The number of hydrogen-bond acceptors (Lipinski definition) is 6. The van der Waals surface area contributed by atoms with Crippen LogP contribution in [0.3, 0.4) is 0 Å². The minimum absolute atomic E-state index is 0.264. The fourth-order valence-corrected chi connectivity index (χ4v) is 4.64. The maximum atomic E-state index is 14.7. The van der Waals surface area contributed by atoms with Crippen LogP contribution in [0, 0.1) is 31.5 Å². The van der Waals surface area contributed by atoms with Gasteiger partial charge in [0.2, 0.25) is 0 Å². The second-order valence-electron chi connectivity index (χ2n) is 7.95. The van der Waals surface area contributed by atoms with Crippen molar-refractivity contribution in [2.75, 3.05) is 36.0 Å². The van der Waals surface area contributed by atoms with E-state index in [0.29, 0.717) is 29.8 Å². The smallest absolute Gasteiger partial charge is 0.187 e. The average molecular weight is 381 g/mol. The van der Waals surface area contributed by atoms with Gasteiger partial charge >= 0.3 is 0 Å². The average Bonchev–Trinajstić information content (AvgIpc) is 3.33. The highest BCUT2D eigenvalue weighted by molar-refractivity contribution is 5.53. The molecule has 3 aromatic heterocycles. The number of halogens is 1. The topological polar surface area (TPSA) is 62.5 Å². The van der Waals surface area contributed by atoms with Crippen molar-refractivity contribution in [2.45, 2.75) is 27.2 Å². The van der Waals surface area contributed by atoms with Crippen LogP contribution in [-0.4, -0.2) is 50.7 Å². The molecule has 2 aliphatic heterocycles. The first-order valence-electron chi connectivity index (χ1n) is 9.86. The molecule has 7 nitrogen and oxygen atoms in total. The van der Waals surface area contributed by atoms with Crippen LogP contribution >= 0.6 is 0 Å². The molecule has 3 aromatic rings. The van der Waals surface area contributed by atoms with Gasteiger partial charge in [0.15, 0.2) is 17.3 Å². The molecule has 2 fully saturated rings. The summed E-state index contributed by atoms with van der Waals surface area (Å²) >= 11 is 0. The Hall–Kier alpha value is -2.77. The lowest BCUT2D eigenvalue weighted by Crippen LogP contribution is -2.31. The van der Waals surface area contributed by atoms with Crippen LogP contribution in [0.1, 0.15) is 24.0 Å². The number of fused-ring (bicyclic) bond motifs is 2. The van der Waals surface area contributed by atoms with E-state index in [4.69, 9.17) is 0 Å². The zero-order chi connectivity index (χ0) is 19.4. The zero-order valence-corrected chi connectivity index (χ0v) is 16.4. The van der Waals surface area contributed by atoms with E-state index in [9.17, 15) is 4.39 Å². The van der Waals surface area contributed by atoms with Crippen LogP contribution in [0.25, 0.3) is 5.65 Å². The van der Waals surface area contributed by atoms with Crippen LogP contribution in [0.2, 0.25) is 0 Å². The summed E-state index contributed by atoms with van der Waals surface area (Å²) in [5.41, 5.74) is 3.35. The number of nitrogens with zero attached hydrogens (tertiary/aromatic N) is 7. The molecular weight excluding hydrogens is 357 g/mol. The summed E-state index contributed by atoms with van der Waals surface area (Å²) in [7, 11) is 0. The number of hydrogen-bond donors (Lipinski definition) is 0. The Balaban J connectivity index is 1.38. The van der Waals surface area contributed by atoms with Crippen LogP contribution in [0.4, 0.5) is 16.0 Å². The lowest BCUT2D eigenvalue weighted by atomic mass is 10.0. The van der Waals surface area contributed by atoms with Gasteiger partial charge in [-0.05, 0) is 20.3 Å². The fourth-order valence-electron chi connectivity index (χ4n) is 4.64. The van der Waals surface area contributed by atoms with Gasteiger partial charge in [0.1, 0.15) is 12.1 Å². The molecule has 0 saturated carbocycles. The van der Waals surface area contributed by atoms with Gasteiger partial charge in [-0.3, -0.25) is 0 Å². The molecule has 28 heavy (non-hydrogen) atoms. The molecule has 8 heteroatoms. The van der Waals surface area contributed by atoms with E-state index in [-0.39, 0.29) is 5.82 Å². The van der Waals surface area contributed by atoms with Crippen molar-refractivity contribution < 1.29 is 4.39 Å². The van der Waals surface area contributed by atoms with Crippen molar-refractivity contribution in [3.8, 4) is 0 Å². The van der Waals surface area contributed by atoms with Gasteiger partial charge in [-0.2, -0.15) is 9.61 Å². The third-order valence-corrected chi connectivity index (χ3v) is 5.95. The summed E-state index contributed by atoms with van der Waals surface area (Å²) in [4.78, 5) is 17.4. The van der Waals surface area contributed by atoms with E-state index < -0.39 is 0 Å². The van der Waals surface area contributed by atoms with E-state index in [1.807, 2.05) is 31.4 Å². The largest absolute Gasteiger partial charge is 0.356 e. The maximum Gasteiger partial charge on any atom is 0.187 e. The van der Waals surface area contributed by atoms with E-state index in [1.165, 1.54) is 6.33 Å². The molecule has 0 aliphatic carbocycles. The molecule has 2 atom stereocenters. The molecule has 5 heterocycles. The predicted octanol–water partition coefficient (Wildman–Crippen LogP) is 2.41. The molecule has 0 N–H and O–H groups in total. The van der Waals surface area contributed by atoms with E-state index in [1.54, 1.807) is 0 Å². The quantitative estimate of drug-likeness (QED) is 0.694. The van der Waals surface area contributed by atoms with Gasteiger partial charge in [0.05, 0.1) is 11.4 Å². The SMILES string of the molecule is CCc1ncnc(N2CC3CN(c4cc(C)nc5cc(C)nn45)CC3C2)c1F. The third kappa shape index (κ3) is 2.70. The van der Waals surface area contributed by atoms with Gasteiger partial charge in [-0.1, -0.05) is 6.92 Å². The summed E-state index contributed by atoms with van der Waals surface area (Å²) in [6, 6.07) is 4.12. The molecule has 5 rings (SSSR count). The highest BCUT2D eigenvalue weighted by Gasteiger charge is 2.42. The number of aromatic nitrogens is 5. The zero-order valence-electron chi connectivity index (χ0n) is 16.4. The molecule has 0 radical (unpaired) electrons. The molecule has 2 unspecified atom stereocenters. The summed E-state index contributed by atoms with van der Waals surface area (Å²) in [5.74, 6) is 2.26. The number of aryl methyl sites for hydroxylation is 3. The van der Waals surface area contributed by atoms with E-state index in [0.717, 1.165) is 49.0 Å². The number of anilines is 2. The van der Waals surface area contributed by atoms with Gasteiger partial charge in [-0.15, -0.1) is 0 Å². The van der Waals surface area contributed by atoms with Crippen molar-refractivity contribution in [2.24, 2.45) is 11.8 Å². The standard InChI is InChI=1S/C20H24FN7/c1-4-16-19(21)20(23-11-22-16)27-9-14-7-26(8-15(14)10-27)18-6-12(2)24-17-5-13(3)25-28(17)18/h5-6,11,14-15H,4,7-10H2,1-3H3. The van der Waals surface area contributed by atoms with Crippen molar-refractivity contribution in [1.29, 1.82) is 0 Å². The summed E-state index contributed by atoms with van der Waals surface area (Å²) < 4.78 is 16.6. The lowest BCUT2D eigenvalue weighted by Gasteiger charge is -2.24. The Morgan fingerprint density at radius 3 is 2.43 bits per heavy atom. The van der Waals surface area contributed by atoms with E-state index in [2.05, 4.69) is 35.9 Å². The highest BCUT2D eigenvalue weighted by Crippen LogP contribution is 2.36. The van der Waals surface area contributed by atoms with Crippen molar-refractivity contribution in [3.63, 3.8) is 0 Å². The molecular formula is C20H24FN7. The van der Waals surface area contributed by atoms with Gasteiger partial charge in [0.25, 0.3) is 0 Å². The Kier molecular flexibility index (Phi) is 3.96. The van der Waals surface area contributed by atoms with Gasteiger partial charge in [0, 0.05) is 55.8 Å². The van der Waals surface area contributed by atoms with E-state index >= 15 is 0 Å².